The quantitative estimate of drug-likeness (QED) is 0.523. The van der Waals surface area contributed by atoms with Gasteiger partial charge in [0.1, 0.15) is 11.4 Å². The highest BCUT2D eigenvalue weighted by molar-refractivity contribution is 6.05. The molecule has 0 amide bonds. The molecule has 6 nitrogen and oxygen atoms in total. The molecule has 1 N–H and O–H groups in total. The molecule has 0 radical (unpaired) electrons. The lowest BCUT2D eigenvalue weighted by Crippen LogP contribution is -2.26. The van der Waals surface area contributed by atoms with E-state index in [9.17, 15) is 4.79 Å². The van der Waals surface area contributed by atoms with Crippen LogP contribution in [-0.4, -0.2) is 34.8 Å². The second-order valence-electron chi connectivity index (χ2n) is 5.53. The van der Waals surface area contributed by atoms with E-state index in [0.29, 0.717) is 22.2 Å². The smallest absolute Gasteiger partial charge is 0.419 e. The van der Waals surface area contributed by atoms with Gasteiger partial charge in [-0.3, -0.25) is 4.57 Å². The minimum atomic E-state index is -0.599. The van der Waals surface area contributed by atoms with Crippen molar-refractivity contribution in [2.75, 3.05) is 7.11 Å². The number of nitrogens with zero attached hydrogens (tertiary/aromatic N) is 2. The van der Waals surface area contributed by atoms with E-state index in [-0.39, 0.29) is 0 Å². The Labute approximate surface area is 122 Å². The Bertz CT molecular complexity index is 695. The van der Waals surface area contributed by atoms with E-state index < -0.39 is 11.7 Å². The standard InChI is InChI=1S/C15H18N2O4/c1-15(2,3)21-14(18)17-9-10(8-16-19)13-11(17)6-5-7-12(13)20-4/h5-9,19H,1-4H3/b16-8+. The average Bonchev–Trinajstić information content (AvgIpc) is 2.76. The van der Waals surface area contributed by atoms with Gasteiger partial charge in [0.15, 0.2) is 0 Å². The molecule has 0 saturated carbocycles. The Morgan fingerprint density at radius 3 is 2.67 bits per heavy atom. The van der Waals surface area contributed by atoms with Gasteiger partial charge in [-0.2, -0.15) is 0 Å². The summed E-state index contributed by atoms with van der Waals surface area (Å²) in [5, 5.41) is 12.5. The zero-order valence-electron chi connectivity index (χ0n) is 12.5. The summed E-state index contributed by atoms with van der Waals surface area (Å²) in [6, 6.07) is 5.33. The monoisotopic (exact) mass is 290 g/mol. The normalized spacial score (nSPS) is 12.0. The molecule has 21 heavy (non-hydrogen) atoms. The lowest BCUT2D eigenvalue weighted by atomic mass is 10.1. The summed E-state index contributed by atoms with van der Waals surface area (Å²) in [5.41, 5.74) is 0.590. The summed E-state index contributed by atoms with van der Waals surface area (Å²) in [6.45, 7) is 5.40. The zero-order valence-corrected chi connectivity index (χ0v) is 12.5. The van der Waals surface area contributed by atoms with Gasteiger partial charge >= 0.3 is 6.09 Å². The van der Waals surface area contributed by atoms with Gasteiger partial charge in [0.25, 0.3) is 0 Å². The van der Waals surface area contributed by atoms with E-state index in [0.717, 1.165) is 0 Å². The Morgan fingerprint density at radius 2 is 2.10 bits per heavy atom. The van der Waals surface area contributed by atoms with E-state index >= 15 is 0 Å². The highest BCUT2D eigenvalue weighted by atomic mass is 16.6. The third-order valence-corrected chi connectivity index (χ3v) is 2.83. The van der Waals surface area contributed by atoms with Crippen molar-refractivity contribution in [1.82, 2.24) is 4.57 Å². The van der Waals surface area contributed by atoms with Gasteiger partial charge in [-0.05, 0) is 32.9 Å². The lowest BCUT2D eigenvalue weighted by molar-refractivity contribution is 0.0544. The molecule has 0 unspecified atom stereocenters. The van der Waals surface area contributed by atoms with E-state index in [1.54, 1.807) is 52.3 Å². The minimum absolute atomic E-state index is 0.502. The van der Waals surface area contributed by atoms with Gasteiger partial charge in [-0.1, -0.05) is 11.2 Å². The first-order valence-corrected chi connectivity index (χ1v) is 6.46. The number of hydrogen-bond acceptors (Lipinski definition) is 5. The van der Waals surface area contributed by atoms with Crippen molar-refractivity contribution >= 4 is 23.2 Å². The summed E-state index contributed by atoms with van der Waals surface area (Å²) >= 11 is 0. The molecule has 1 aromatic heterocycles. The van der Waals surface area contributed by atoms with Crippen molar-refractivity contribution < 1.29 is 19.5 Å². The predicted molar refractivity (Wildman–Crippen MR) is 79.5 cm³/mol. The van der Waals surface area contributed by atoms with Gasteiger partial charge in [0.05, 0.1) is 24.2 Å². The summed E-state index contributed by atoms with van der Waals surface area (Å²) in [5.74, 6) is 0.588. The molecule has 1 aromatic carbocycles. The van der Waals surface area contributed by atoms with Gasteiger partial charge in [0, 0.05) is 11.8 Å². The fourth-order valence-electron chi connectivity index (χ4n) is 2.08. The second-order valence-corrected chi connectivity index (χ2v) is 5.53. The number of fused-ring (bicyclic) bond motifs is 1. The zero-order chi connectivity index (χ0) is 15.6. The fourth-order valence-corrected chi connectivity index (χ4v) is 2.08. The van der Waals surface area contributed by atoms with Crippen LogP contribution >= 0.6 is 0 Å². The molecule has 1 heterocycles. The third-order valence-electron chi connectivity index (χ3n) is 2.83. The number of carbonyl (C=O) groups is 1. The SMILES string of the molecule is COc1cccc2c1c(/C=N/O)cn2C(=O)OC(C)(C)C. The summed E-state index contributed by atoms with van der Waals surface area (Å²) in [6.07, 6.45) is 2.31. The number of rotatable bonds is 2. The first-order chi connectivity index (χ1) is 9.87. The second kappa shape index (κ2) is 5.47. The molecule has 112 valence electrons. The summed E-state index contributed by atoms with van der Waals surface area (Å²) in [7, 11) is 1.54. The Hall–Kier alpha value is -2.50. The first kappa shape index (κ1) is 14.9. The third kappa shape index (κ3) is 2.99. The van der Waals surface area contributed by atoms with Crippen molar-refractivity contribution in [3.8, 4) is 5.75 Å². The van der Waals surface area contributed by atoms with Crippen LogP contribution in [0.25, 0.3) is 10.9 Å². The number of carbonyl (C=O) groups excluding carboxylic acids is 1. The van der Waals surface area contributed by atoms with Crippen LogP contribution in [0.5, 0.6) is 5.75 Å². The van der Waals surface area contributed by atoms with Gasteiger partial charge in [0.2, 0.25) is 0 Å². The van der Waals surface area contributed by atoms with Crippen LogP contribution in [0, 0.1) is 0 Å². The summed E-state index contributed by atoms with van der Waals surface area (Å²) < 4.78 is 12.0. The Morgan fingerprint density at radius 1 is 1.38 bits per heavy atom. The van der Waals surface area contributed by atoms with Crippen molar-refractivity contribution in [1.29, 1.82) is 0 Å². The molecule has 0 fully saturated rings. The van der Waals surface area contributed by atoms with E-state index in [4.69, 9.17) is 14.7 Å². The van der Waals surface area contributed by atoms with Crippen molar-refractivity contribution in [2.45, 2.75) is 26.4 Å². The number of benzene rings is 1. The van der Waals surface area contributed by atoms with Crippen LogP contribution in [0.3, 0.4) is 0 Å². The molecular formula is C15H18N2O4. The number of aromatic nitrogens is 1. The van der Waals surface area contributed by atoms with Crippen LogP contribution in [0.2, 0.25) is 0 Å². The molecule has 6 heteroatoms. The number of ether oxygens (including phenoxy) is 2. The average molecular weight is 290 g/mol. The minimum Gasteiger partial charge on any atom is -0.496 e. The van der Waals surface area contributed by atoms with Crippen LogP contribution in [0.1, 0.15) is 26.3 Å². The van der Waals surface area contributed by atoms with Crippen LogP contribution in [0.4, 0.5) is 4.79 Å². The van der Waals surface area contributed by atoms with Gasteiger partial charge in [-0.25, -0.2) is 4.79 Å². The van der Waals surface area contributed by atoms with Crippen LogP contribution in [0.15, 0.2) is 29.6 Å². The van der Waals surface area contributed by atoms with Crippen molar-refractivity contribution in [3.63, 3.8) is 0 Å². The molecule has 2 rings (SSSR count). The highest BCUT2D eigenvalue weighted by Crippen LogP contribution is 2.30. The molecule has 0 aliphatic carbocycles. The largest absolute Gasteiger partial charge is 0.496 e. The molecule has 0 aliphatic heterocycles. The maximum absolute atomic E-state index is 12.3. The van der Waals surface area contributed by atoms with Crippen LogP contribution in [-0.2, 0) is 4.74 Å². The Balaban J connectivity index is 2.63. The van der Waals surface area contributed by atoms with Crippen LogP contribution < -0.4 is 4.74 Å². The first-order valence-electron chi connectivity index (χ1n) is 6.46. The summed E-state index contributed by atoms with van der Waals surface area (Å²) in [4.78, 5) is 12.3. The van der Waals surface area contributed by atoms with Crippen molar-refractivity contribution in [3.05, 3.63) is 30.0 Å². The predicted octanol–water partition coefficient (Wildman–Crippen LogP) is 3.24. The van der Waals surface area contributed by atoms with Gasteiger partial charge in [-0.15, -0.1) is 0 Å². The molecule has 0 atom stereocenters. The lowest BCUT2D eigenvalue weighted by Gasteiger charge is -2.19. The number of methoxy groups -OCH3 is 1. The Kier molecular flexibility index (Phi) is 3.88. The molecule has 0 bridgehead atoms. The van der Waals surface area contributed by atoms with Crippen molar-refractivity contribution in [2.24, 2.45) is 5.16 Å². The highest BCUT2D eigenvalue weighted by Gasteiger charge is 2.21. The van der Waals surface area contributed by atoms with Gasteiger partial charge < -0.3 is 14.7 Å². The van der Waals surface area contributed by atoms with E-state index in [1.165, 1.54) is 10.8 Å². The molecule has 0 saturated heterocycles. The topological polar surface area (TPSA) is 73.0 Å². The number of hydrogen-bond donors (Lipinski definition) is 1. The molecule has 0 spiro atoms. The maximum atomic E-state index is 12.3. The molecular weight excluding hydrogens is 272 g/mol. The fraction of sp³-hybridized carbons (Fsp3) is 0.333. The molecule has 2 aromatic rings. The van der Waals surface area contributed by atoms with E-state index in [2.05, 4.69) is 5.16 Å². The van der Waals surface area contributed by atoms with E-state index in [1.807, 2.05) is 0 Å². The maximum Gasteiger partial charge on any atom is 0.419 e. The molecule has 0 aliphatic rings. The number of oxime groups is 1.